The molecule has 2 rings (SSSR count). The van der Waals surface area contributed by atoms with Crippen LogP contribution in [-0.4, -0.2) is 13.2 Å². The molecule has 2 nitrogen and oxygen atoms in total. The van der Waals surface area contributed by atoms with Gasteiger partial charge in [-0.2, -0.15) is 0 Å². The molecule has 0 amide bonds. The Bertz CT molecular complexity index is 422. The molecule has 1 fully saturated rings. The maximum Gasteiger partial charge on any atom is 0.173 e. The minimum absolute atomic E-state index is 0.141. The zero-order valence-corrected chi connectivity index (χ0v) is 11.6. The number of halogens is 3. The molecule has 0 aromatic heterocycles. The van der Waals surface area contributed by atoms with Crippen molar-refractivity contribution >= 4 is 15.9 Å². The average Bonchev–Trinajstić information content (AvgIpc) is 2.37. The van der Waals surface area contributed by atoms with E-state index in [0.29, 0.717) is 11.5 Å². The lowest BCUT2D eigenvalue weighted by Crippen LogP contribution is -2.22. The maximum absolute atomic E-state index is 13.4. The molecule has 0 radical (unpaired) electrons. The van der Waals surface area contributed by atoms with Gasteiger partial charge in [-0.1, -0.05) is 6.07 Å². The summed E-state index contributed by atoms with van der Waals surface area (Å²) in [5, 5.41) is 0. The Morgan fingerprint density at radius 1 is 1.33 bits per heavy atom. The predicted octanol–water partition coefficient (Wildman–Crippen LogP) is 3.54. The summed E-state index contributed by atoms with van der Waals surface area (Å²) in [7, 11) is 0. The molecule has 2 N–H and O–H groups in total. The molecule has 5 heteroatoms. The molecule has 1 aliphatic rings. The van der Waals surface area contributed by atoms with Crippen molar-refractivity contribution in [2.45, 2.75) is 25.3 Å². The van der Waals surface area contributed by atoms with Crippen LogP contribution in [0.25, 0.3) is 0 Å². The molecule has 0 saturated carbocycles. The minimum atomic E-state index is -0.866. The van der Waals surface area contributed by atoms with E-state index in [1.165, 1.54) is 0 Å². The van der Waals surface area contributed by atoms with Gasteiger partial charge in [0.05, 0.1) is 4.47 Å². The molecule has 0 spiro atoms. The van der Waals surface area contributed by atoms with Gasteiger partial charge < -0.3 is 10.5 Å². The van der Waals surface area contributed by atoms with Crippen molar-refractivity contribution in [2.24, 2.45) is 11.7 Å². The van der Waals surface area contributed by atoms with Crippen LogP contribution in [0.15, 0.2) is 16.6 Å². The summed E-state index contributed by atoms with van der Waals surface area (Å²) in [6, 6.07) is 2.39. The molecule has 1 saturated heterocycles. The van der Waals surface area contributed by atoms with Gasteiger partial charge in [-0.15, -0.1) is 0 Å². The van der Waals surface area contributed by atoms with Crippen LogP contribution >= 0.6 is 15.9 Å². The Hall–Kier alpha value is -0.520. The van der Waals surface area contributed by atoms with Crippen molar-refractivity contribution in [3.8, 4) is 0 Å². The second-order valence-electron chi connectivity index (χ2n) is 4.66. The first-order valence-corrected chi connectivity index (χ1v) is 6.85. The van der Waals surface area contributed by atoms with Crippen molar-refractivity contribution in [1.82, 2.24) is 0 Å². The van der Waals surface area contributed by atoms with E-state index < -0.39 is 11.6 Å². The van der Waals surface area contributed by atoms with Crippen LogP contribution < -0.4 is 5.73 Å². The van der Waals surface area contributed by atoms with Crippen molar-refractivity contribution in [3.63, 3.8) is 0 Å². The smallest absolute Gasteiger partial charge is 0.173 e. The quantitative estimate of drug-likeness (QED) is 0.865. The number of ether oxygens (including phenoxy) is 1. The summed E-state index contributed by atoms with van der Waals surface area (Å²) in [5.74, 6) is -1.23. The van der Waals surface area contributed by atoms with E-state index >= 15 is 0 Å². The number of rotatable bonds is 3. The molecule has 1 atom stereocenters. The Balaban J connectivity index is 2.08. The fraction of sp³-hybridized carbons (Fsp3) is 0.538. The molecule has 18 heavy (non-hydrogen) atoms. The van der Waals surface area contributed by atoms with E-state index in [2.05, 4.69) is 15.9 Å². The number of nitrogens with two attached hydrogens (primary N) is 1. The van der Waals surface area contributed by atoms with E-state index in [9.17, 15) is 8.78 Å². The Labute approximate surface area is 114 Å². The van der Waals surface area contributed by atoms with Gasteiger partial charge in [0.1, 0.15) is 0 Å². The molecular formula is C13H16BrF2NO. The Morgan fingerprint density at radius 2 is 2.00 bits per heavy atom. The van der Waals surface area contributed by atoms with Crippen LogP contribution in [0, 0.1) is 17.6 Å². The summed E-state index contributed by atoms with van der Waals surface area (Å²) in [5.41, 5.74) is 6.71. The highest BCUT2D eigenvalue weighted by Crippen LogP contribution is 2.32. The summed E-state index contributed by atoms with van der Waals surface area (Å²) in [6.45, 7) is 1.52. The first-order valence-electron chi connectivity index (χ1n) is 6.06. The summed E-state index contributed by atoms with van der Waals surface area (Å²) < 4.78 is 31.9. The molecule has 1 aromatic rings. The third kappa shape index (κ3) is 3.08. The van der Waals surface area contributed by atoms with E-state index in [1.54, 1.807) is 6.07 Å². The third-order valence-corrected chi connectivity index (χ3v) is 4.20. The van der Waals surface area contributed by atoms with Crippen LogP contribution in [0.5, 0.6) is 0 Å². The summed E-state index contributed by atoms with van der Waals surface area (Å²) >= 11 is 3.08. The van der Waals surface area contributed by atoms with Gasteiger partial charge in [-0.3, -0.25) is 0 Å². The first-order chi connectivity index (χ1) is 8.59. The number of hydrogen-bond donors (Lipinski definition) is 1. The van der Waals surface area contributed by atoms with Gasteiger partial charge in [-0.25, -0.2) is 8.78 Å². The molecule has 0 aliphatic carbocycles. The van der Waals surface area contributed by atoms with E-state index in [1.807, 2.05) is 0 Å². The second kappa shape index (κ2) is 6.08. The first kappa shape index (κ1) is 13.9. The predicted molar refractivity (Wildman–Crippen MR) is 69.1 cm³/mol. The lowest BCUT2D eigenvalue weighted by molar-refractivity contribution is 0.0618. The second-order valence-corrected chi connectivity index (χ2v) is 5.46. The molecule has 0 bridgehead atoms. The lowest BCUT2D eigenvalue weighted by Gasteiger charge is -2.25. The van der Waals surface area contributed by atoms with Gasteiger partial charge in [0.2, 0.25) is 0 Å². The molecule has 1 aromatic carbocycles. The van der Waals surface area contributed by atoms with Crippen LogP contribution in [-0.2, 0) is 4.74 Å². The molecule has 1 heterocycles. The number of benzene rings is 1. The van der Waals surface area contributed by atoms with Crippen LogP contribution in [0.3, 0.4) is 0 Å². The Kier molecular flexibility index (Phi) is 4.70. The normalized spacial score (nSPS) is 18.9. The number of hydrogen-bond acceptors (Lipinski definition) is 2. The van der Waals surface area contributed by atoms with Gasteiger partial charge in [0.15, 0.2) is 11.6 Å². The molecule has 1 aliphatic heterocycles. The fourth-order valence-electron chi connectivity index (χ4n) is 2.30. The van der Waals surface area contributed by atoms with Crippen molar-refractivity contribution in [3.05, 3.63) is 33.8 Å². The van der Waals surface area contributed by atoms with Crippen molar-refractivity contribution in [1.29, 1.82) is 0 Å². The summed E-state index contributed by atoms with van der Waals surface area (Å²) in [4.78, 5) is 0. The SMILES string of the molecule is NC(CC1CCOCC1)c1ccc(F)c(F)c1Br. The van der Waals surface area contributed by atoms with E-state index in [-0.39, 0.29) is 10.5 Å². The monoisotopic (exact) mass is 319 g/mol. The molecule has 100 valence electrons. The zero-order valence-electron chi connectivity index (χ0n) is 9.96. The molecule has 1 unspecified atom stereocenters. The lowest BCUT2D eigenvalue weighted by atomic mass is 9.90. The minimum Gasteiger partial charge on any atom is -0.381 e. The van der Waals surface area contributed by atoms with Crippen LogP contribution in [0.2, 0.25) is 0 Å². The highest BCUT2D eigenvalue weighted by atomic mass is 79.9. The molecular weight excluding hydrogens is 304 g/mol. The van der Waals surface area contributed by atoms with Crippen LogP contribution in [0.4, 0.5) is 8.78 Å². The zero-order chi connectivity index (χ0) is 13.1. The standard InChI is InChI=1S/C13H16BrF2NO/c14-12-9(1-2-10(15)13(12)16)11(17)7-8-3-5-18-6-4-8/h1-2,8,11H,3-7,17H2. The van der Waals surface area contributed by atoms with E-state index in [4.69, 9.17) is 10.5 Å². The summed E-state index contributed by atoms with van der Waals surface area (Å²) in [6.07, 6.45) is 2.73. The Morgan fingerprint density at radius 3 is 2.67 bits per heavy atom. The van der Waals surface area contributed by atoms with Crippen molar-refractivity contribution in [2.75, 3.05) is 13.2 Å². The third-order valence-electron chi connectivity index (χ3n) is 3.39. The van der Waals surface area contributed by atoms with Gasteiger partial charge in [-0.05, 0) is 52.7 Å². The van der Waals surface area contributed by atoms with Crippen molar-refractivity contribution < 1.29 is 13.5 Å². The highest BCUT2D eigenvalue weighted by molar-refractivity contribution is 9.10. The van der Waals surface area contributed by atoms with E-state index in [0.717, 1.165) is 38.5 Å². The maximum atomic E-state index is 13.4. The highest BCUT2D eigenvalue weighted by Gasteiger charge is 2.21. The van der Waals surface area contributed by atoms with Gasteiger partial charge in [0.25, 0.3) is 0 Å². The fourth-order valence-corrected chi connectivity index (χ4v) is 2.91. The average molecular weight is 320 g/mol. The van der Waals surface area contributed by atoms with Gasteiger partial charge in [0, 0.05) is 19.3 Å². The van der Waals surface area contributed by atoms with Gasteiger partial charge >= 0.3 is 0 Å². The topological polar surface area (TPSA) is 35.2 Å². The largest absolute Gasteiger partial charge is 0.381 e. The van der Waals surface area contributed by atoms with Crippen LogP contribution in [0.1, 0.15) is 30.9 Å².